The van der Waals surface area contributed by atoms with Gasteiger partial charge < -0.3 is 10.1 Å². The van der Waals surface area contributed by atoms with E-state index >= 15 is 0 Å². The van der Waals surface area contributed by atoms with Crippen LogP contribution in [0.15, 0.2) is 61.2 Å². The summed E-state index contributed by atoms with van der Waals surface area (Å²) in [5, 5.41) is 6.49. The van der Waals surface area contributed by atoms with Gasteiger partial charge in [0.1, 0.15) is 0 Å². The fourth-order valence-electron chi connectivity index (χ4n) is 2.49. The molecule has 1 N–H and O–H groups in total. The van der Waals surface area contributed by atoms with Gasteiger partial charge in [-0.3, -0.25) is 14.5 Å². The maximum Gasteiger partial charge on any atom is 0.573 e. The molecule has 0 saturated carbocycles. The number of nitrogens with zero attached hydrogens (tertiary/aromatic N) is 3. The molecule has 0 fully saturated rings. The smallest absolute Gasteiger partial charge is 0.404 e. The molecule has 0 saturated heterocycles. The maximum atomic E-state index is 12.5. The van der Waals surface area contributed by atoms with Crippen LogP contribution in [0.5, 0.6) is 5.75 Å². The summed E-state index contributed by atoms with van der Waals surface area (Å²) in [4.78, 5) is 16.2. The Morgan fingerprint density at radius 1 is 1.21 bits per heavy atom. The Hall–Kier alpha value is -3.62. The Kier molecular flexibility index (Phi) is 5.44. The van der Waals surface area contributed by atoms with Gasteiger partial charge in [-0.1, -0.05) is 12.1 Å². The number of alkyl halides is 3. The van der Waals surface area contributed by atoms with Crippen molar-refractivity contribution < 1.29 is 22.7 Å². The number of pyridine rings is 1. The van der Waals surface area contributed by atoms with E-state index in [-0.39, 0.29) is 5.69 Å². The average molecular weight is 388 g/mol. The molecule has 0 atom stereocenters. The minimum atomic E-state index is -4.86. The number of hydrogen-bond donors (Lipinski definition) is 1. The summed E-state index contributed by atoms with van der Waals surface area (Å²) in [6.07, 6.45) is 4.57. The second kappa shape index (κ2) is 7.95. The van der Waals surface area contributed by atoms with Crippen LogP contribution in [0.4, 0.5) is 18.9 Å². The molecule has 28 heavy (non-hydrogen) atoms. The van der Waals surface area contributed by atoms with Crippen LogP contribution in [-0.2, 0) is 11.8 Å². The van der Waals surface area contributed by atoms with Crippen molar-refractivity contribution in [3.05, 3.63) is 66.8 Å². The van der Waals surface area contributed by atoms with Gasteiger partial charge in [0.2, 0.25) is 5.91 Å². The summed E-state index contributed by atoms with van der Waals surface area (Å²) < 4.78 is 43.0. The standard InChI is InChI=1S/C19H15F3N4O2/c1-26-12-14(11-24-26)15-8-9-23-10-13(15)6-7-18(27)25-16-4-2-3-5-17(16)28-19(20,21)22/h2-12H,1H3,(H,25,27)/b7-6+. The molecule has 0 aliphatic rings. The third-order valence-corrected chi connectivity index (χ3v) is 3.65. The van der Waals surface area contributed by atoms with E-state index in [0.29, 0.717) is 5.56 Å². The molecule has 3 aromatic rings. The Balaban J connectivity index is 1.78. The monoisotopic (exact) mass is 388 g/mol. The summed E-state index contributed by atoms with van der Waals surface area (Å²) in [5.74, 6) is -1.10. The Bertz CT molecular complexity index is 1010. The number of rotatable bonds is 5. The van der Waals surface area contributed by atoms with Crippen LogP contribution in [0.25, 0.3) is 17.2 Å². The van der Waals surface area contributed by atoms with Crippen molar-refractivity contribution in [3.63, 3.8) is 0 Å². The highest BCUT2D eigenvalue weighted by Crippen LogP contribution is 2.30. The quantitative estimate of drug-likeness (QED) is 0.670. The molecule has 0 aliphatic heterocycles. The lowest BCUT2D eigenvalue weighted by Gasteiger charge is -2.13. The number of aryl methyl sites for hydroxylation is 1. The van der Waals surface area contributed by atoms with Gasteiger partial charge in [-0.05, 0) is 29.8 Å². The fourth-order valence-corrected chi connectivity index (χ4v) is 2.49. The zero-order chi connectivity index (χ0) is 20.1. The van der Waals surface area contributed by atoms with Gasteiger partial charge in [0.25, 0.3) is 0 Å². The Morgan fingerprint density at radius 3 is 2.71 bits per heavy atom. The highest BCUT2D eigenvalue weighted by atomic mass is 19.4. The van der Waals surface area contributed by atoms with E-state index in [9.17, 15) is 18.0 Å². The lowest BCUT2D eigenvalue weighted by Crippen LogP contribution is -2.19. The number of halogens is 3. The minimum absolute atomic E-state index is 0.0897. The number of carbonyl (C=O) groups excluding carboxylic acids is 1. The number of benzene rings is 1. The highest BCUT2D eigenvalue weighted by Gasteiger charge is 2.32. The molecule has 6 nitrogen and oxygen atoms in total. The summed E-state index contributed by atoms with van der Waals surface area (Å²) in [6, 6.07) is 7.08. The molecule has 1 aromatic carbocycles. The molecule has 0 spiro atoms. The van der Waals surface area contributed by atoms with Gasteiger partial charge in [-0.15, -0.1) is 13.2 Å². The normalized spacial score (nSPS) is 11.6. The van der Waals surface area contributed by atoms with Gasteiger partial charge in [0, 0.05) is 42.8 Å². The summed E-state index contributed by atoms with van der Waals surface area (Å²) in [7, 11) is 1.79. The van der Waals surface area contributed by atoms with Crippen molar-refractivity contribution in [1.29, 1.82) is 0 Å². The topological polar surface area (TPSA) is 69.0 Å². The van der Waals surface area contributed by atoms with Gasteiger partial charge >= 0.3 is 6.36 Å². The SMILES string of the molecule is Cn1cc(-c2ccncc2/C=C/C(=O)Nc2ccccc2OC(F)(F)F)cn1. The van der Waals surface area contributed by atoms with E-state index in [0.717, 1.165) is 17.2 Å². The first-order valence-corrected chi connectivity index (χ1v) is 8.09. The van der Waals surface area contributed by atoms with Crippen LogP contribution in [0.2, 0.25) is 0 Å². The van der Waals surface area contributed by atoms with Gasteiger partial charge in [0.05, 0.1) is 11.9 Å². The molecule has 3 rings (SSSR count). The molecular formula is C19H15F3N4O2. The van der Waals surface area contributed by atoms with E-state index in [1.807, 2.05) is 6.20 Å². The molecule has 0 unspecified atom stereocenters. The van der Waals surface area contributed by atoms with Crippen LogP contribution in [-0.4, -0.2) is 27.0 Å². The summed E-state index contributed by atoms with van der Waals surface area (Å²) in [6.45, 7) is 0. The predicted molar refractivity (Wildman–Crippen MR) is 97.2 cm³/mol. The van der Waals surface area contributed by atoms with Crippen molar-refractivity contribution in [2.75, 3.05) is 5.32 Å². The van der Waals surface area contributed by atoms with Crippen molar-refractivity contribution in [1.82, 2.24) is 14.8 Å². The van der Waals surface area contributed by atoms with E-state index in [2.05, 4.69) is 20.1 Å². The number of amides is 1. The molecular weight excluding hydrogens is 373 g/mol. The van der Waals surface area contributed by atoms with Crippen LogP contribution in [0.3, 0.4) is 0 Å². The lowest BCUT2D eigenvalue weighted by atomic mass is 10.0. The number of anilines is 1. The number of carbonyl (C=O) groups is 1. The maximum absolute atomic E-state index is 12.5. The summed E-state index contributed by atoms with van der Waals surface area (Å²) >= 11 is 0. The van der Waals surface area contributed by atoms with Gasteiger partial charge in [-0.2, -0.15) is 5.10 Å². The molecule has 0 bridgehead atoms. The molecule has 2 aromatic heterocycles. The number of nitrogens with one attached hydrogen (secondary N) is 1. The highest BCUT2D eigenvalue weighted by molar-refractivity contribution is 6.03. The van der Waals surface area contributed by atoms with Crippen molar-refractivity contribution in [2.45, 2.75) is 6.36 Å². The fraction of sp³-hybridized carbons (Fsp3) is 0.105. The number of hydrogen-bond acceptors (Lipinski definition) is 4. The van der Waals surface area contributed by atoms with Crippen molar-refractivity contribution >= 4 is 17.7 Å². The van der Waals surface area contributed by atoms with E-state index < -0.39 is 18.0 Å². The van der Waals surface area contributed by atoms with E-state index in [1.54, 1.807) is 36.4 Å². The van der Waals surface area contributed by atoms with Crippen LogP contribution < -0.4 is 10.1 Å². The first kappa shape index (κ1) is 19.2. The second-order valence-electron chi connectivity index (χ2n) is 5.73. The number of ether oxygens (including phenoxy) is 1. The first-order valence-electron chi connectivity index (χ1n) is 8.09. The molecule has 1 amide bonds. The Morgan fingerprint density at radius 2 is 2.00 bits per heavy atom. The van der Waals surface area contributed by atoms with Crippen LogP contribution in [0, 0.1) is 0 Å². The van der Waals surface area contributed by atoms with Crippen LogP contribution >= 0.6 is 0 Å². The number of aromatic nitrogens is 3. The molecule has 0 radical (unpaired) electrons. The molecule has 9 heteroatoms. The third-order valence-electron chi connectivity index (χ3n) is 3.65. The Labute approximate surface area is 158 Å². The second-order valence-corrected chi connectivity index (χ2v) is 5.73. The zero-order valence-corrected chi connectivity index (χ0v) is 14.6. The largest absolute Gasteiger partial charge is 0.573 e. The minimum Gasteiger partial charge on any atom is -0.404 e. The van der Waals surface area contributed by atoms with Gasteiger partial charge in [0.15, 0.2) is 5.75 Å². The van der Waals surface area contributed by atoms with Gasteiger partial charge in [-0.25, -0.2) is 0 Å². The molecule has 2 heterocycles. The average Bonchev–Trinajstić information content (AvgIpc) is 3.07. The van der Waals surface area contributed by atoms with E-state index in [4.69, 9.17) is 0 Å². The third kappa shape index (κ3) is 4.97. The first-order chi connectivity index (χ1) is 13.3. The molecule has 144 valence electrons. The van der Waals surface area contributed by atoms with Crippen molar-refractivity contribution in [3.8, 4) is 16.9 Å². The summed E-state index contributed by atoms with van der Waals surface area (Å²) in [5.41, 5.74) is 2.22. The zero-order valence-electron chi connectivity index (χ0n) is 14.6. The van der Waals surface area contributed by atoms with E-state index in [1.165, 1.54) is 30.4 Å². The lowest BCUT2D eigenvalue weighted by molar-refractivity contribution is -0.274. The predicted octanol–water partition coefficient (Wildman–Crippen LogP) is 4.03. The van der Waals surface area contributed by atoms with Crippen molar-refractivity contribution in [2.24, 2.45) is 7.05 Å². The van der Waals surface area contributed by atoms with Crippen LogP contribution in [0.1, 0.15) is 5.56 Å². The number of para-hydroxylation sites is 2. The molecule has 0 aliphatic carbocycles.